The molecule has 0 bridgehead atoms. The molecule has 106 valence electrons. The van der Waals surface area contributed by atoms with Gasteiger partial charge in [0, 0.05) is 28.9 Å². The minimum atomic E-state index is 0.632. The molecule has 1 aliphatic rings. The minimum Gasteiger partial charge on any atom is -0.372 e. The summed E-state index contributed by atoms with van der Waals surface area (Å²) in [7, 11) is 0. The molecule has 4 heteroatoms. The second kappa shape index (κ2) is 6.19. The zero-order valence-corrected chi connectivity index (χ0v) is 13.2. The monoisotopic (exact) mass is 341 g/mol. The zero-order valence-electron chi connectivity index (χ0n) is 11.6. The van der Waals surface area contributed by atoms with Gasteiger partial charge >= 0.3 is 0 Å². The van der Waals surface area contributed by atoms with Crippen molar-refractivity contribution in [3.8, 4) is 6.07 Å². The third-order valence-corrected chi connectivity index (χ3v) is 4.21. The van der Waals surface area contributed by atoms with Crippen LogP contribution in [-0.2, 0) is 0 Å². The van der Waals surface area contributed by atoms with Crippen LogP contribution in [-0.4, -0.2) is 13.1 Å². The van der Waals surface area contributed by atoms with Gasteiger partial charge in [0.2, 0.25) is 0 Å². The van der Waals surface area contributed by atoms with E-state index in [0.717, 1.165) is 28.9 Å². The lowest BCUT2D eigenvalue weighted by Crippen LogP contribution is -2.17. The van der Waals surface area contributed by atoms with E-state index in [1.165, 1.54) is 18.5 Å². The van der Waals surface area contributed by atoms with Crippen LogP contribution >= 0.6 is 15.9 Å². The van der Waals surface area contributed by atoms with Gasteiger partial charge in [0.05, 0.1) is 11.3 Å². The summed E-state index contributed by atoms with van der Waals surface area (Å²) in [6.07, 6.45) is 2.56. The molecule has 1 aliphatic heterocycles. The number of hydrogen-bond donors (Lipinski definition) is 1. The lowest BCUT2D eigenvalue weighted by molar-refractivity contribution is 0.949. The summed E-state index contributed by atoms with van der Waals surface area (Å²) in [5, 5.41) is 12.5. The molecule has 2 aromatic carbocycles. The van der Waals surface area contributed by atoms with Crippen molar-refractivity contribution in [3.63, 3.8) is 0 Å². The summed E-state index contributed by atoms with van der Waals surface area (Å²) in [5.41, 5.74) is 3.73. The molecule has 1 saturated heterocycles. The van der Waals surface area contributed by atoms with Gasteiger partial charge in [0.15, 0.2) is 0 Å². The first-order valence-corrected chi connectivity index (χ1v) is 7.87. The molecular formula is C17H16BrN3. The number of halogens is 1. The van der Waals surface area contributed by atoms with Gasteiger partial charge in [-0.2, -0.15) is 5.26 Å². The fourth-order valence-corrected chi connectivity index (χ4v) is 2.97. The van der Waals surface area contributed by atoms with Crippen LogP contribution in [0.3, 0.4) is 0 Å². The van der Waals surface area contributed by atoms with Gasteiger partial charge in [-0.1, -0.05) is 15.9 Å². The average molecular weight is 342 g/mol. The minimum absolute atomic E-state index is 0.632. The summed E-state index contributed by atoms with van der Waals surface area (Å²) in [6, 6.07) is 16.3. The van der Waals surface area contributed by atoms with Crippen LogP contribution in [0, 0.1) is 11.3 Å². The fraction of sp³-hybridized carbons (Fsp3) is 0.235. The summed E-state index contributed by atoms with van der Waals surface area (Å²) in [5.74, 6) is 0. The summed E-state index contributed by atoms with van der Waals surface area (Å²) in [6.45, 7) is 2.30. The molecule has 0 spiro atoms. The molecule has 0 saturated carbocycles. The molecule has 0 radical (unpaired) electrons. The number of rotatable bonds is 3. The van der Waals surface area contributed by atoms with E-state index in [9.17, 15) is 5.26 Å². The van der Waals surface area contributed by atoms with Crippen molar-refractivity contribution < 1.29 is 0 Å². The maximum atomic E-state index is 9.19. The summed E-state index contributed by atoms with van der Waals surface area (Å²) in [4.78, 5) is 2.41. The molecule has 1 N–H and O–H groups in total. The molecule has 0 aromatic heterocycles. The van der Waals surface area contributed by atoms with Crippen molar-refractivity contribution in [1.29, 1.82) is 5.26 Å². The molecular weight excluding hydrogens is 326 g/mol. The van der Waals surface area contributed by atoms with E-state index in [-0.39, 0.29) is 0 Å². The Kier molecular flexibility index (Phi) is 4.12. The molecule has 0 unspecified atom stereocenters. The highest BCUT2D eigenvalue weighted by atomic mass is 79.9. The molecule has 2 aromatic rings. The Bertz CT molecular complexity index is 667. The van der Waals surface area contributed by atoms with Crippen molar-refractivity contribution in [2.24, 2.45) is 0 Å². The van der Waals surface area contributed by atoms with Gasteiger partial charge in [-0.3, -0.25) is 0 Å². The SMILES string of the molecule is N#Cc1cc(Br)ccc1Nc1ccc(N2CCCC2)cc1. The molecule has 3 nitrogen and oxygen atoms in total. The quantitative estimate of drug-likeness (QED) is 0.881. The lowest BCUT2D eigenvalue weighted by Gasteiger charge is -2.18. The maximum Gasteiger partial charge on any atom is 0.101 e. The van der Waals surface area contributed by atoms with E-state index in [1.807, 2.05) is 18.2 Å². The number of hydrogen-bond acceptors (Lipinski definition) is 3. The van der Waals surface area contributed by atoms with Crippen LogP contribution in [0.4, 0.5) is 17.1 Å². The Morgan fingerprint density at radius 1 is 1.05 bits per heavy atom. The van der Waals surface area contributed by atoms with E-state index >= 15 is 0 Å². The summed E-state index contributed by atoms with van der Waals surface area (Å²) < 4.78 is 0.911. The topological polar surface area (TPSA) is 39.1 Å². The number of nitrogens with one attached hydrogen (secondary N) is 1. The van der Waals surface area contributed by atoms with Gasteiger partial charge in [-0.25, -0.2) is 0 Å². The second-order valence-corrected chi connectivity index (χ2v) is 6.08. The average Bonchev–Trinajstić information content (AvgIpc) is 3.04. The Hall–Kier alpha value is -1.99. The molecule has 0 atom stereocenters. The number of benzene rings is 2. The van der Waals surface area contributed by atoms with Crippen molar-refractivity contribution in [3.05, 3.63) is 52.5 Å². The lowest BCUT2D eigenvalue weighted by atomic mass is 10.2. The third kappa shape index (κ3) is 3.20. The highest BCUT2D eigenvalue weighted by Gasteiger charge is 2.12. The van der Waals surface area contributed by atoms with Gasteiger partial charge in [-0.05, 0) is 55.3 Å². The van der Waals surface area contributed by atoms with Crippen LogP contribution in [0.15, 0.2) is 46.9 Å². The predicted molar refractivity (Wildman–Crippen MR) is 90.0 cm³/mol. The summed E-state index contributed by atoms with van der Waals surface area (Å²) >= 11 is 3.39. The van der Waals surface area contributed by atoms with E-state index in [2.05, 4.69) is 56.5 Å². The highest BCUT2D eigenvalue weighted by molar-refractivity contribution is 9.10. The van der Waals surface area contributed by atoms with Crippen LogP contribution in [0.5, 0.6) is 0 Å². The Labute approximate surface area is 133 Å². The van der Waals surface area contributed by atoms with Gasteiger partial charge < -0.3 is 10.2 Å². The molecule has 0 amide bonds. The number of anilines is 3. The zero-order chi connectivity index (χ0) is 14.7. The molecule has 3 rings (SSSR count). The van der Waals surface area contributed by atoms with Gasteiger partial charge in [0.25, 0.3) is 0 Å². The van der Waals surface area contributed by atoms with E-state index in [1.54, 1.807) is 0 Å². The van der Waals surface area contributed by atoms with Crippen LogP contribution in [0.2, 0.25) is 0 Å². The highest BCUT2D eigenvalue weighted by Crippen LogP contribution is 2.26. The smallest absolute Gasteiger partial charge is 0.101 e. The van der Waals surface area contributed by atoms with Crippen molar-refractivity contribution in [2.75, 3.05) is 23.3 Å². The van der Waals surface area contributed by atoms with Crippen LogP contribution in [0.25, 0.3) is 0 Å². The standard InChI is InChI=1S/C17H16BrN3/c18-14-3-8-17(13(11-14)12-19)20-15-4-6-16(7-5-15)21-9-1-2-10-21/h3-8,11,20H,1-2,9-10H2. The Morgan fingerprint density at radius 3 is 2.43 bits per heavy atom. The molecule has 1 fully saturated rings. The molecule has 0 aliphatic carbocycles. The van der Waals surface area contributed by atoms with Gasteiger partial charge in [-0.15, -0.1) is 0 Å². The van der Waals surface area contributed by atoms with Crippen LogP contribution < -0.4 is 10.2 Å². The van der Waals surface area contributed by atoms with Gasteiger partial charge in [0.1, 0.15) is 6.07 Å². The van der Waals surface area contributed by atoms with Crippen molar-refractivity contribution in [1.82, 2.24) is 0 Å². The normalized spacial score (nSPS) is 14.0. The number of nitrogens with zero attached hydrogens (tertiary/aromatic N) is 2. The van der Waals surface area contributed by atoms with E-state index in [0.29, 0.717) is 5.56 Å². The van der Waals surface area contributed by atoms with E-state index in [4.69, 9.17) is 0 Å². The molecule has 1 heterocycles. The van der Waals surface area contributed by atoms with Crippen molar-refractivity contribution >= 4 is 33.0 Å². The first-order valence-electron chi connectivity index (χ1n) is 7.08. The first kappa shape index (κ1) is 14.0. The van der Waals surface area contributed by atoms with E-state index < -0.39 is 0 Å². The second-order valence-electron chi connectivity index (χ2n) is 5.17. The Morgan fingerprint density at radius 2 is 1.76 bits per heavy atom. The maximum absolute atomic E-state index is 9.19. The largest absolute Gasteiger partial charge is 0.372 e. The molecule has 21 heavy (non-hydrogen) atoms. The Balaban J connectivity index is 1.78. The fourth-order valence-electron chi connectivity index (χ4n) is 2.60. The van der Waals surface area contributed by atoms with Crippen LogP contribution in [0.1, 0.15) is 18.4 Å². The third-order valence-electron chi connectivity index (χ3n) is 3.72. The first-order chi connectivity index (χ1) is 10.3. The predicted octanol–water partition coefficient (Wildman–Crippen LogP) is 4.66. The number of nitriles is 1. The van der Waals surface area contributed by atoms with Crippen molar-refractivity contribution in [2.45, 2.75) is 12.8 Å².